The Hall–Kier alpha value is -2.50. The number of halogens is 3. The SMILES string of the molecule is Cc1ccc2nc(Nc3ccc(C(F)(F)F)cc3)[nH]c2c1. The molecule has 0 bridgehead atoms. The van der Waals surface area contributed by atoms with E-state index in [2.05, 4.69) is 15.3 Å². The van der Waals surface area contributed by atoms with Gasteiger partial charge < -0.3 is 10.3 Å². The molecule has 0 atom stereocenters. The number of benzene rings is 2. The summed E-state index contributed by atoms with van der Waals surface area (Å²) in [6.07, 6.45) is -4.32. The molecule has 108 valence electrons. The molecule has 0 amide bonds. The molecule has 2 aromatic carbocycles. The van der Waals surface area contributed by atoms with Crippen LogP contribution in [0.5, 0.6) is 0 Å². The Morgan fingerprint density at radius 2 is 1.76 bits per heavy atom. The van der Waals surface area contributed by atoms with Crippen LogP contribution in [-0.2, 0) is 6.18 Å². The molecule has 6 heteroatoms. The summed E-state index contributed by atoms with van der Waals surface area (Å²) in [7, 11) is 0. The first-order valence-electron chi connectivity index (χ1n) is 6.32. The average Bonchev–Trinajstić information content (AvgIpc) is 2.79. The van der Waals surface area contributed by atoms with Crippen LogP contribution in [-0.4, -0.2) is 9.97 Å². The number of H-pyrrole nitrogens is 1. The second-order valence-electron chi connectivity index (χ2n) is 4.81. The first kappa shape index (κ1) is 13.5. The summed E-state index contributed by atoms with van der Waals surface area (Å²) in [5, 5.41) is 2.96. The Labute approximate surface area is 118 Å². The number of aryl methyl sites for hydroxylation is 1. The molecule has 0 spiro atoms. The molecule has 2 N–H and O–H groups in total. The molecular formula is C15H12F3N3. The number of fused-ring (bicyclic) bond motifs is 1. The van der Waals surface area contributed by atoms with Gasteiger partial charge in [0, 0.05) is 5.69 Å². The lowest BCUT2D eigenvalue weighted by molar-refractivity contribution is -0.137. The summed E-state index contributed by atoms with van der Waals surface area (Å²) in [5.74, 6) is 0.496. The molecule has 3 nitrogen and oxygen atoms in total. The number of imidazole rings is 1. The molecule has 3 aromatic rings. The van der Waals surface area contributed by atoms with E-state index in [1.807, 2.05) is 25.1 Å². The third-order valence-corrected chi connectivity index (χ3v) is 3.11. The highest BCUT2D eigenvalue weighted by atomic mass is 19.4. The van der Waals surface area contributed by atoms with Gasteiger partial charge in [0.25, 0.3) is 0 Å². The van der Waals surface area contributed by atoms with Gasteiger partial charge in [-0.3, -0.25) is 0 Å². The predicted molar refractivity (Wildman–Crippen MR) is 75.6 cm³/mol. The van der Waals surface area contributed by atoms with Crippen molar-refractivity contribution in [1.29, 1.82) is 0 Å². The van der Waals surface area contributed by atoms with Crippen molar-refractivity contribution in [2.45, 2.75) is 13.1 Å². The minimum absolute atomic E-state index is 0.496. The van der Waals surface area contributed by atoms with Gasteiger partial charge in [-0.15, -0.1) is 0 Å². The zero-order valence-electron chi connectivity index (χ0n) is 11.1. The topological polar surface area (TPSA) is 40.7 Å². The number of aromatic nitrogens is 2. The van der Waals surface area contributed by atoms with Gasteiger partial charge in [0.1, 0.15) is 0 Å². The van der Waals surface area contributed by atoms with Crippen molar-refractivity contribution in [2.75, 3.05) is 5.32 Å². The van der Waals surface area contributed by atoms with Crippen LogP contribution in [0.15, 0.2) is 42.5 Å². The predicted octanol–water partition coefficient (Wildman–Crippen LogP) is 4.63. The standard InChI is InChI=1S/C15H12F3N3/c1-9-2-7-12-13(8-9)21-14(20-12)19-11-5-3-10(4-6-11)15(16,17)18/h2-8H,1H3,(H2,19,20,21). The second-order valence-corrected chi connectivity index (χ2v) is 4.81. The van der Waals surface area contributed by atoms with Gasteiger partial charge in [-0.05, 0) is 48.9 Å². The summed E-state index contributed by atoms with van der Waals surface area (Å²) in [6, 6.07) is 10.6. The van der Waals surface area contributed by atoms with E-state index >= 15 is 0 Å². The van der Waals surface area contributed by atoms with Crippen LogP contribution >= 0.6 is 0 Å². The highest BCUT2D eigenvalue weighted by Gasteiger charge is 2.29. The van der Waals surface area contributed by atoms with E-state index in [9.17, 15) is 13.2 Å². The van der Waals surface area contributed by atoms with Crippen molar-refractivity contribution >= 4 is 22.7 Å². The van der Waals surface area contributed by atoms with Crippen LogP contribution < -0.4 is 5.32 Å². The number of nitrogens with zero attached hydrogens (tertiary/aromatic N) is 1. The Bertz CT molecular complexity index is 773. The fourth-order valence-corrected chi connectivity index (χ4v) is 2.06. The maximum absolute atomic E-state index is 12.5. The largest absolute Gasteiger partial charge is 0.416 e. The molecule has 0 unspecified atom stereocenters. The quantitative estimate of drug-likeness (QED) is 0.722. The molecule has 0 aliphatic rings. The fourth-order valence-electron chi connectivity index (χ4n) is 2.06. The minimum atomic E-state index is -4.32. The van der Waals surface area contributed by atoms with E-state index in [4.69, 9.17) is 0 Å². The minimum Gasteiger partial charge on any atom is -0.326 e. The Morgan fingerprint density at radius 3 is 2.43 bits per heavy atom. The number of nitrogens with one attached hydrogen (secondary N) is 2. The number of hydrogen-bond acceptors (Lipinski definition) is 2. The lowest BCUT2D eigenvalue weighted by Gasteiger charge is -2.07. The van der Waals surface area contributed by atoms with Crippen LogP contribution in [0.2, 0.25) is 0 Å². The second kappa shape index (κ2) is 4.80. The molecule has 1 aromatic heterocycles. The van der Waals surface area contributed by atoms with Gasteiger partial charge in [0.05, 0.1) is 16.6 Å². The van der Waals surface area contributed by atoms with Gasteiger partial charge >= 0.3 is 6.18 Å². The molecular weight excluding hydrogens is 279 g/mol. The summed E-state index contributed by atoms with van der Waals surface area (Å²) in [5.41, 5.74) is 2.65. The van der Waals surface area contributed by atoms with Crippen molar-refractivity contribution in [1.82, 2.24) is 9.97 Å². The molecule has 0 fully saturated rings. The van der Waals surface area contributed by atoms with Gasteiger partial charge in [0.15, 0.2) is 0 Å². The smallest absolute Gasteiger partial charge is 0.326 e. The highest BCUT2D eigenvalue weighted by molar-refractivity contribution is 5.79. The van der Waals surface area contributed by atoms with Crippen molar-refractivity contribution in [3.63, 3.8) is 0 Å². The first-order chi connectivity index (χ1) is 9.91. The fraction of sp³-hybridized carbons (Fsp3) is 0.133. The van der Waals surface area contributed by atoms with Crippen molar-refractivity contribution in [2.24, 2.45) is 0 Å². The van der Waals surface area contributed by atoms with Crippen LogP contribution in [0.25, 0.3) is 11.0 Å². The molecule has 0 saturated heterocycles. The summed E-state index contributed by atoms with van der Waals surface area (Å²) in [4.78, 5) is 7.42. The lowest BCUT2D eigenvalue weighted by atomic mass is 10.2. The van der Waals surface area contributed by atoms with E-state index in [0.717, 1.165) is 28.7 Å². The van der Waals surface area contributed by atoms with Crippen molar-refractivity contribution < 1.29 is 13.2 Å². The van der Waals surface area contributed by atoms with E-state index in [-0.39, 0.29) is 0 Å². The molecule has 0 radical (unpaired) electrons. The van der Waals surface area contributed by atoms with E-state index in [1.165, 1.54) is 12.1 Å². The summed E-state index contributed by atoms with van der Waals surface area (Å²) in [6.45, 7) is 1.98. The monoisotopic (exact) mass is 291 g/mol. The summed E-state index contributed by atoms with van der Waals surface area (Å²) < 4.78 is 37.5. The van der Waals surface area contributed by atoms with Crippen LogP contribution in [0.1, 0.15) is 11.1 Å². The number of hydrogen-bond donors (Lipinski definition) is 2. The van der Waals surface area contributed by atoms with E-state index in [1.54, 1.807) is 0 Å². The number of rotatable bonds is 2. The highest BCUT2D eigenvalue weighted by Crippen LogP contribution is 2.30. The van der Waals surface area contributed by atoms with E-state index < -0.39 is 11.7 Å². The third-order valence-electron chi connectivity index (χ3n) is 3.11. The Kier molecular flexibility index (Phi) is 3.08. The number of anilines is 2. The molecule has 21 heavy (non-hydrogen) atoms. The zero-order chi connectivity index (χ0) is 15.0. The molecule has 0 saturated carbocycles. The van der Waals surface area contributed by atoms with Crippen LogP contribution in [0.4, 0.5) is 24.8 Å². The maximum atomic E-state index is 12.5. The average molecular weight is 291 g/mol. The van der Waals surface area contributed by atoms with Gasteiger partial charge in [0.2, 0.25) is 5.95 Å². The molecule has 0 aliphatic carbocycles. The number of aromatic amines is 1. The molecule has 1 heterocycles. The van der Waals surface area contributed by atoms with Crippen molar-refractivity contribution in [3.05, 3.63) is 53.6 Å². The van der Waals surface area contributed by atoms with Gasteiger partial charge in [-0.25, -0.2) is 4.98 Å². The third kappa shape index (κ3) is 2.84. The zero-order valence-corrected chi connectivity index (χ0v) is 11.1. The first-order valence-corrected chi connectivity index (χ1v) is 6.32. The molecule has 3 rings (SSSR count). The maximum Gasteiger partial charge on any atom is 0.416 e. The number of alkyl halides is 3. The Balaban J connectivity index is 1.84. The van der Waals surface area contributed by atoms with E-state index in [0.29, 0.717) is 11.6 Å². The van der Waals surface area contributed by atoms with Crippen LogP contribution in [0, 0.1) is 6.92 Å². The normalized spacial score (nSPS) is 11.8. The van der Waals surface area contributed by atoms with Crippen LogP contribution in [0.3, 0.4) is 0 Å². The Morgan fingerprint density at radius 1 is 1.05 bits per heavy atom. The lowest BCUT2D eigenvalue weighted by Crippen LogP contribution is -2.04. The summed E-state index contributed by atoms with van der Waals surface area (Å²) >= 11 is 0. The molecule has 0 aliphatic heterocycles. The van der Waals surface area contributed by atoms with Crippen molar-refractivity contribution in [3.8, 4) is 0 Å². The van der Waals surface area contributed by atoms with Gasteiger partial charge in [-0.2, -0.15) is 13.2 Å². The van der Waals surface area contributed by atoms with Gasteiger partial charge in [-0.1, -0.05) is 6.07 Å².